The van der Waals surface area contributed by atoms with Crippen molar-refractivity contribution in [3.05, 3.63) is 27.3 Å². The SMILES string of the molecule is CCOc1ccc2c(c1)C(=O)OI2(=O)O. The molecular weight excluding hydrogens is 315 g/mol. The molecule has 5 nitrogen and oxygen atoms in total. The van der Waals surface area contributed by atoms with Crippen molar-refractivity contribution in [1.82, 2.24) is 0 Å². The normalized spacial score (nSPS) is 27.7. The summed E-state index contributed by atoms with van der Waals surface area (Å²) in [5, 5.41) is 0. The summed E-state index contributed by atoms with van der Waals surface area (Å²) in [5.74, 6) is -0.257. The van der Waals surface area contributed by atoms with E-state index in [9.17, 15) is 11.3 Å². The summed E-state index contributed by atoms with van der Waals surface area (Å²) < 4.78 is 30.6. The maximum absolute atomic E-state index is 11.5. The molecule has 1 unspecified atom stereocenters. The Morgan fingerprint density at radius 3 is 2.93 bits per heavy atom. The molecule has 1 aliphatic heterocycles. The molecule has 1 aliphatic rings. The monoisotopic (exact) mass is 324 g/mol. The third kappa shape index (κ3) is 1.74. The Labute approximate surface area is 91.0 Å². The Balaban J connectivity index is 2.51. The minimum atomic E-state index is -4.66. The van der Waals surface area contributed by atoms with E-state index in [1.165, 1.54) is 12.1 Å². The standard InChI is InChI=1S/C9H9IO5/c1-2-14-6-3-4-8-7(5-6)9(11)15-10(8,12)13/h3-5H,2H2,1H3,(H,12,13). The fourth-order valence-electron chi connectivity index (χ4n) is 1.30. The quantitative estimate of drug-likeness (QED) is 0.837. The van der Waals surface area contributed by atoms with Crippen LogP contribution in [0.1, 0.15) is 17.3 Å². The van der Waals surface area contributed by atoms with Crippen LogP contribution in [0.4, 0.5) is 0 Å². The van der Waals surface area contributed by atoms with E-state index in [2.05, 4.69) is 3.07 Å². The Hall–Kier alpha value is -1.02. The van der Waals surface area contributed by atoms with Gasteiger partial charge < -0.3 is 0 Å². The van der Waals surface area contributed by atoms with Gasteiger partial charge in [-0.2, -0.15) is 0 Å². The van der Waals surface area contributed by atoms with Crippen molar-refractivity contribution in [2.75, 3.05) is 6.61 Å². The minimum absolute atomic E-state index is 0.107. The van der Waals surface area contributed by atoms with Crippen molar-refractivity contribution in [2.24, 2.45) is 0 Å². The predicted octanol–water partition coefficient (Wildman–Crippen LogP) is 1.64. The Kier molecular flexibility index (Phi) is 2.47. The summed E-state index contributed by atoms with van der Waals surface area (Å²) in [6.07, 6.45) is 0. The fraction of sp³-hybridized carbons (Fsp3) is 0.222. The van der Waals surface area contributed by atoms with Crippen molar-refractivity contribution in [1.29, 1.82) is 0 Å². The molecule has 1 N–H and O–H groups in total. The van der Waals surface area contributed by atoms with Gasteiger partial charge in [0.05, 0.1) is 0 Å². The molecule has 1 atom stereocenters. The van der Waals surface area contributed by atoms with Gasteiger partial charge in [-0.1, -0.05) is 0 Å². The van der Waals surface area contributed by atoms with Gasteiger partial charge in [0.2, 0.25) is 0 Å². The summed E-state index contributed by atoms with van der Waals surface area (Å²) in [6.45, 7) is 2.28. The van der Waals surface area contributed by atoms with Gasteiger partial charge in [-0.3, -0.25) is 0 Å². The zero-order valence-corrected chi connectivity index (χ0v) is 10.1. The van der Waals surface area contributed by atoms with Crippen LogP contribution in [0.2, 0.25) is 0 Å². The summed E-state index contributed by atoms with van der Waals surface area (Å²) in [5.41, 5.74) is 0.134. The van der Waals surface area contributed by atoms with Gasteiger partial charge in [-0.25, -0.2) is 0 Å². The van der Waals surface area contributed by atoms with Crippen LogP contribution in [0.5, 0.6) is 5.75 Å². The maximum atomic E-state index is 11.5. The molecule has 0 aromatic heterocycles. The molecule has 6 heteroatoms. The molecule has 0 bridgehead atoms. The molecule has 0 saturated carbocycles. The average Bonchev–Trinajstić information content (AvgIpc) is 2.38. The number of ether oxygens (including phenoxy) is 1. The second kappa shape index (κ2) is 3.53. The second-order valence-corrected chi connectivity index (χ2v) is 6.99. The van der Waals surface area contributed by atoms with Crippen LogP contribution in [0, 0.1) is 3.57 Å². The first-order chi connectivity index (χ1) is 7.04. The molecule has 0 spiro atoms. The van der Waals surface area contributed by atoms with Crippen molar-refractivity contribution in [3.8, 4) is 5.75 Å². The third-order valence-corrected chi connectivity index (χ3v) is 5.31. The predicted molar refractivity (Wildman–Crippen MR) is 58.6 cm³/mol. The van der Waals surface area contributed by atoms with Crippen molar-refractivity contribution in [2.45, 2.75) is 6.92 Å². The fourth-order valence-corrected chi connectivity index (χ4v) is 4.06. The van der Waals surface area contributed by atoms with E-state index in [1.807, 2.05) is 6.92 Å². The third-order valence-electron chi connectivity index (χ3n) is 1.90. The van der Waals surface area contributed by atoms with Gasteiger partial charge in [0, 0.05) is 0 Å². The van der Waals surface area contributed by atoms with Gasteiger partial charge in [-0.15, -0.1) is 0 Å². The van der Waals surface area contributed by atoms with E-state index in [0.717, 1.165) is 0 Å². The molecule has 0 saturated heterocycles. The van der Waals surface area contributed by atoms with Crippen LogP contribution < -0.4 is 4.74 Å². The number of fused-ring (bicyclic) bond motifs is 1. The summed E-state index contributed by atoms with van der Waals surface area (Å²) in [6, 6.07) is 4.39. The first-order valence-electron chi connectivity index (χ1n) is 4.26. The van der Waals surface area contributed by atoms with Crippen LogP contribution in [-0.2, 0) is 6.14 Å². The molecule has 0 fully saturated rings. The first kappa shape index (κ1) is 10.5. The van der Waals surface area contributed by atoms with Crippen LogP contribution >= 0.6 is 19.3 Å². The van der Waals surface area contributed by atoms with Gasteiger partial charge in [0.25, 0.3) is 0 Å². The molecule has 0 amide bonds. The number of rotatable bonds is 2. The van der Waals surface area contributed by atoms with Crippen LogP contribution in [-0.4, -0.2) is 16.0 Å². The van der Waals surface area contributed by atoms with E-state index in [4.69, 9.17) is 4.74 Å². The molecule has 0 aliphatic carbocycles. The Morgan fingerprint density at radius 1 is 1.53 bits per heavy atom. The second-order valence-electron chi connectivity index (χ2n) is 2.88. The summed E-state index contributed by atoms with van der Waals surface area (Å²) in [7, 11) is 0. The zero-order valence-electron chi connectivity index (χ0n) is 7.90. The van der Waals surface area contributed by atoms with Gasteiger partial charge >= 0.3 is 90.9 Å². The zero-order chi connectivity index (χ0) is 11.1. The molecule has 15 heavy (non-hydrogen) atoms. The Morgan fingerprint density at radius 2 is 2.27 bits per heavy atom. The van der Waals surface area contributed by atoms with E-state index < -0.39 is 25.2 Å². The van der Waals surface area contributed by atoms with Gasteiger partial charge in [0.1, 0.15) is 0 Å². The van der Waals surface area contributed by atoms with Crippen molar-refractivity contribution in [3.63, 3.8) is 0 Å². The number of carbonyl (C=O) groups is 1. The van der Waals surface area contributed by atoms with Crippen molar-refractivity contribution < 1.29 is 19.1 Å². The van der Waals surface area contributed by atoms with Crippen LogP contribution in [0.25, 0.3) is 0 Å². The molecule has 2 rings (SSSR count). The molecule has 82 valence electrons. The molecular formula is C9H9IO5. The van der Waals surface area contributed by atoms with Crippen molar-refractivity contribution >= 4 is 25.2 Å². The molecule has 1 heterocycles. The molecule has 1 aromatic carbocycles. The molecule has 1 aromatic rings. The van der Waals surface area contributed by atoms with Gasteiger partial charge in [-0.05, 0) is 0 Å². The molecule has 0 radical (unpaired) electrons. The van der Waals surface area contributed by atoms with E-state index >= 15 is 0 Å². The number of halogens is 1. The van der Waals surface area contributed by atoms with E-state index in [1.54, 1.807) is 6.07 Å². The van der Waals surface area contributed by atoms with Gasteiger partial charge in [0.15, 0.2) is 0 Å². The number of carbonyl (C=O) groups excluding carboxylic acids is 1. The van der Waals surface area contributed by atoms with E-state index in [0.29, 0.717) is 12.4 Å². The number of hydrogen-bond acceptors (Lipinski definition) is 4. The number of benzene rings is 1. The van der Waals surface area contributed by atoms with E-state index in [-0.39, 0.29) is 9.13 Å². The van der Waals surface area contributed by atoms with Crippen LogP contribution in [0.3, 0.4) is 0 Å². The topological polar surface area (TPSA) is 72.8 Å². The Bertz CT molecular complexity index is 468. The summed E-state index contributed by atoms with van der Waals surface area (Å²) >= 11 is -4.66. The summed E-state index contributed by atoms with van der Waals surface area (Å²) in [4.78, 5) is 11.2. The number of hydrogen-bond donors (Lipinski definition) is 1. The first-order valence-corrected chi connectivity index (χ1v) is 8.07. The van der Waals surface area contributed by atoms with Crippen LogP contribution in [0.15, 0.2) is 18.2 Å². The average molecular weight is 324 g/mol.